The first-order valence-electron chi connectivity index (χ1n) is 4.31. The maximum absolute atomic E-state index is 10.6. The van der Waals surface area contributed by atoms with Crippen LogP contribution in [0.15, 0.2) is 16.1 Å². The molecule has 0 N–H and O–H groups in total. The topological polar surface area (TPSA) is 91.3 Å². The van der Waals surface area contributed by atoms with E-state index in [9.17, 15) is 10.1 Å². The normalized spacial score (nSPS) is 10.3. The molecule has 0 aliphatic heterocycles. The molecule has 0 aliphatic rings. The Balaban J connectivity index is 2.08. The number of rotatable bonds is 4. The highest BCUT2D eigenvalue weighted by Gasteiger charge is 2.17. The van der Waals surface area contributed by atoms with Crippen molar-refractivity contribution in [3.05, 3.63) is 32.9 Å². The number of nitro groups is 1. The summed E-state index contributed by atoms with van der Waals surface area (Å²) in [5, 5.41) is 19.4. The molecule has 16 heavy (non-hydrogen) atoms. The van der Waals surface area contributed by atoms with E-state index >= 15 is 0 Å². The molecule has 0 spiro atoms. The Kier molecular flexibility index (Phi) is 2.82. The maximum Gasteiger partial charge on any atom is 0.365 e. The standard InChI is InChI=1S/C8H7N3O4S/c1-5-6(10-15-9-5)4-14-7-2-3-16-8(7)11(12)13/h2-3H,4H2,1H3. The van der Waals surface area contributed by atoms with Crippen molar-refractivity contribution in [1.82, 2.24) is 10.3 Å². The van der Waals surface area contributed by atoms with Gasteiger partial charge in [0, 0.05) is 5.38 Å². The average molecular weight is 241 g/mol. The quantitative estimate of drug-likeness (QED) is 0.599. The molecule has 0 amide bonds. The predicted octanol–water partition coefficient (Wildman–Crippen LogP) is 1.93. The van der Waals surface area contributed by atoms with E-state index < -0.39 is 4.92 Å². The smallest absolute Gasteiger partial charge is 0.365 e. The van der Waals surface area contributed by atoms with Crippen molar-refractivity contribution in [2.75, 3.05) is 0 Å². The lowest BCUT2D eigenvalue weighted by Gasteiger charge is -2.00. The molecule has 0 bridgehead atoms. The van der Waals surface area contributed by atoms with Gasteiger partial charge in [-0.05, 0) is 13.0 Å². The Morgan fingerprint density at radius 2 is 2.44 bits per heavy atom. The van der Waals surface area contributed by atoms with Gasteiger partial charge in [-0.2, -0.15) is 0 Å². The van der Waals surface area contributed by atoms with Gasteiger partial charge in [0.2, 0.25) is 5.75 Å². The molecule has 0 radical (unpaired) electrons. The third-order valence-corrected chi connectivity index (χ3v) is 2.73. The zero-order valence-corrected chi connectivity index (χ0v) is 9.06. The van der Waals surface area contributed by atoms with Gasteiger partial charge in [0.15, 0.2) is 0 Å². The average Bonchev–Trinajstić information content (AvgIpc) is 2.83. The Morgan fingerprint density at radius 3 is 3.06 bits per heavy atom. The van der Waals surface area contributed by atoms with Crippen molar-refractivity contribution >= 4 is 16.3 Å². The Labute approximate surface area is 93.8 Å². The third kappa shape index (κ3) is 2.01. The largest absolute Gasteiger partial charge is 0.479 e. The lowest BCUT2D eigenvalue weighted by atomic mass is 10.4. The van der Waals surface area contributed by atoms with Crippen LogP contribution in [0.3, 0.4) is 0 Å². The fraction of sp³-hybridized carbons (Fsp3) is 0.250. The molecular formula is C8H7N3O4S. The van der Waals surface area contributed by atoms with E-state index in [1.54, 1.807) is 18.4 Å². The van der Waals surface area contributed by atoms with Crippen LogP contribution in [0.25, 0.3) is 0 Å². The van der Waals surface area contributed by atoms with Gasteiger partial charge in [-0.3, -0.25) is 10.1 Å². The van der Waals surface area contributed by atoms with Crippen LogP contribution in [0, 0.1) is 17.0 Å². The molecule has 7 nitrogen and oxygen atoms in total. The molecule has 2 aromatic heterocycles. The second-order valence-electron chi connectivity index (χ2n) is 2.93. The van der Waals surface area contributed by atoms with E-state index in [0.717, 1.165) is 11.3 Å². The number of thiophene rings is 1. The summed E-state index contributed by atoms with van der Waals surface area (Å²) in [6.45, 7) is 1.82. The molecule has 84 valence electrons. The monoisotopic (exact) mass is 241 g/mol. The molecule has 0 saturated heterocycles. The van der Waals surface area contributed by atoms with Gasteiger partial charge in [0.25, 0.3) is 0 Å². The fourth-order valence-electron chi connectivity index (χ4n) is 1.06. The first-order valence-corrected chi connectivity index (χ1v) is 5.19. The summed E-state index contributed by atoms with van der Waals surface area (Å²) in [6.07, 6.45) is 0. The van der Waals surface area contributed by atoms with Crippen molar-refractivity contribution < 1.29 is 14.3 Å². The summed E-state index contributed by atoms with van der Waals surface area (Å²) in [4.78, 5) is 10.1. The van der Waals surface area contributed by atoms with Gasteiger partial charge in [-0.15, -0.1) is 0 Å². The van der Waals surface area contributed by atoms with Crippen LogP contribution in [0.2, 0.25) is 0 Å². The van der Waals surface area contributed by atoms with E-state index in [4.69, 9.17) is 4.74 Å². The summed E-state index contributed by atoms with van der Waals surface area (Å²) in [5.74, 6) is 0.234. The Hall–Kier alpha value is -1.96. The van der Waals surface area contributed by atoms with Crippen molar-refractivity contribution in [3.63, 3.8) is 0 Å². The molecule has 2 heterocycles. The molecule has 0 aliphatic carbocycles. The third-order valence-electron chi connectivity index (χ3n) is 1.89. The molecule has 0 saturated carbocycles. The molecule has 2 rings (SSSR count). The van der Waals surface area contributed by atoms with Gasteiger partial charge in [-0.25, -0.2) is 4.63 Å². The van der Waals surface area contributed by atoms with Crippen molar-refractivity contribution in [1.29, 1.82) is 0 Å². The highest BCUT2D eigenvalue weighted by Crippen LogP contribution is 2.33. The highest BCUT2D eigenvalue weighted by molar-refractivity contribution is 7.13. The Bertz CT molecular complexity index is 507. The summed E-state index contributed by atoms with van der Waals surface area (Å²) < 4.78 is 9.75. The molecule has 0 aromatic carbocycles. The molecule has 2 aromatic rings. The fourth-order valence-corrected chi connectivity index (χ4v) is 1.71. The van der Waals surface area contributed by atoms with E-state index in [-0.39, 0.29) is 17.4 Å². The van der Waals surface area contributed by atoms with Crippen LogP contribution >= 0.6 is 11.3 Å². The van der Waals surface area contributed by atoms with Crippen LogP contribution in [0.1, 0.15) is 11.4 Å². The molecular weight excluding hydrogens is 234 g/mol. The second-order valence-corrected chi connectivity index (χ2v) is 3.83. The number of ether oxygens (including phenoxy) is 1. The van der Waals surface area contributed by atoms with E-state index in [1.165, 1.54) is 0 Å². The second kappa shape index (κ2) is 4.27. The zero-order chi connectivity index (χ0) is 11.5. The number of hydrogen-bond donors (Lipinski definition) is 0. The molecule has 0 fully saturated rings. The van der Waals surface area contributed by atoms with E-state index in [1.807, 2.05) is 0 Å². The lowest BCUT2D eigenvalue weighted by molar-refractivity contribution is -0.381. The summed E-state index contributed by atoms with van der Waals surface area (Å²) in [7, 11) is 0. The summed E-state index contributed by atoms with van der Waals surface area (Å²) in [6, 6.07) is 1.55. The molecule has 8 heteroatoms. The SMILES string of the molecule is Cc1nonc1COc1ccsc1[N+](=O)[O-]. The van der Waals surface area contributed by atoms with Crippen LogP contribution < -0.4 is 4.74 Å². The number of hydrogen-bond acceptors (Lipinski definition) is 7. The first-order chi connectivity index (χ1) is 7.68. The van der Waals surface area contributed by atoms with Crippen molar-refractivity contribution in [2.45, 2.75) is 13.5 Å². The zero-order valence-electron chi connectivity index (χ0n) is 8.24. The van der Waals surface area contributed by atoms with Gasteiger partial charge in [0.05, 0.1) is 4.92 Å². The maximum atomic E-state index is 10.6. The minimum Gasteiger partial charge on any atom is -0.479 e. The van der Waals surface area contributed by atoms with E-state index in [0.29, 0.717) is 11.4 Å². The molecule has 0 atom stereocenters. The van der Waals surface area contributed by atoms with Gasteiger partial charge < -0.3 is 4.74 Å². The van der Waals surface area contributed by atoms with E-state index in [2.05, 4.69) is 14.9 Å². The minimum atomic E-state index is -0.478. The summed E-state index contributed by atoms with van der Waals surface area (Å²) in [5.41, 5.74) is 1.14. The molecule has 0 unspecified atom stereocenters. The van der Waals surface area contributed by atoms with Crippen LogP contribution in [0.5, 0.6) is 5.75 Å². The minimum absolute atomic E-state index is 0.0193. The Morgan fingerprint density at radius 1 is 1.62 bits per heavy atom. The van der Waals surface area contributed by atoms with Gasteiger partial charge >= 0.3 is 5.00 Å². The van der Waals surface area contributed by atoms with Crippen molar-refractivity contribution in [3.8, 4) is 5.75 Å². The van der Waals surface area contributed by atoms with Crippen molar-refractivity contribution in [2.24, 2.45) is 0 Å². The summed E-state index contributed by atoms with van der Waals surface area (Å²) >= 11 is 1.02. The highest BCUT2D eigenvalue weighted by atomic mass is 32.1. The number of aryl methyl sites for hydroxylation is 1. The van der Waals surface area contributed by atoms with Crippen LogP contribution in [-0.2, 0) is 6.61 Å². The number of nitrogens with zero attached hydrogens (tertiary/aromatic N) is 3. The number of aromatic nitrogens is 2. The predicted molar refractivity (Wildman–Crippen MR) is 54.3 cm³/mol. The first kappa shape index (κ1) is 10.6. The van der Waals surface area contributed by atoms with Gasteiger partial charge in [-0.1, -0.05) is 21.7 Å². The van der Waals surface area contributed by atoms with Crippen LogP contribution in [-0.4, -0.2) is 15.2 Å². The van der Waals surface area contributed by atoms with Gasteiger partial charge in [0.1, 0.15) is 18.0 Å². The lowest BCUT2D eigenvalue weighted by Crippen LogP contribution is -1.98. The van der Waals surface area contributed by atoms with Crippen LogP contribution in [0.4, 0.5) is 5.00 Å².